The summed E-state index contributed by atoms with van der Waals surface area (Å²) in [6, 6.07) is 53.0. The Labute approximate surface area is 306 Å². The van der Waals surface area contributed by atoms with Gasteiger partial charge >= 0.3 is 37.9 Å². The summed E-state index contributed by atoms with van der Waals surface area (Å²) in [5.74, 6) is 0. The van der Waals surface area contributed by atoms with Crippen LogP contribution >= 0.6 is 17.0 Å². The molecule has 0 amide bonds. The molecule has 48 heavy (non-hydrogen) atoms. The van der Waals surface area contributed by atoms with Crippen LogP contribution in [0.15, 0.2) is 146 Å². The molecule has 8 aromatic rings. The predicted octanol–water partition coefficient (Wildman–Crippen LogP) is 14.0. The molecule has 4 heteroatoms. The van der Waals surface area contributed by atoms with Gasteiger partial charge in [-0.15, -0.1) is 69.1 Å². The van der Waals surface area contributed by atoms with Crippen LogP contribution < -0.4 is 0 Å². The Morgan fingerprint density at radius 2 is 0.875 bits per heavy atom. The molecule has 0 atom stereocenters. The van der Waals surface area contributed by atoms with Crippen LogP contribution in [0.25, 0.3) is 65.3 Å². The molecule has 0 N–H and O–H groups in total. The number of halogens is 2. The Morgan fingerprint density at radius 1 is 0.500 bits per heavy atom. The van der Waals surface area contributed by atoms with Gasteiger partial charge in [0.1, 0.15) is 0 Å². The first-order valence-corrected chi connectivity index (χ1v) is 24.8. The number of fused-ring (bicyclic) bond motifs is 4. The SMILES string of the molecule is CCc1cc2c(-c3ccc4ccccc4c3)cccc2[cH-]1.CCc1cc2c(-c3ccc4ccccc4c3)cccc2[cH-]1.C[Si]C.[Cl][Zr+2][Cl]. The number of hydrogen-bond donors (Lipinski definition) is 0. The average Bonchev–Trinajstić information content (AvgIpc) is 3.76. The Bertz CT molecular complexity index is 2070. The van der Waals surface area contributed by atoms with Gasteiger partial charge in [0.25, 0.3) is 0 Å². The maximum atomic E-state index is 4.93. The Morgan fingerprint density at radius 3 is 1.25 bits per heavy atom. The predicted molar refractivity (Wildman–Crippen MR) is 213 cm³/mol. The Balaban J connectivity index is 0.000000162. The third kappa shape index (κ3) is 8.66. The normalized spacial score (nSPS) is 10.5. The molecule has 0 fully saturated rings. The zero-order valence-corrected chi connectivity index (χ0v) is 33.0. The quantitative estimate of drug-likeness (QED) is 0.124. The summed E-state index contributed by atoms with van der Waals surface area (Å²) in [6.45, 7) is 8.73. The van der Waals surface area contributed by atoms with Crippen molar-refractivity contribution < 1.29 is 20.8 Å². The summed E-state index contributed by atoms with van der Waals surface area (Å²) < 4.78 is 0. The van der Waals surface area contributed by atoms with Gasteiger partial charge in [0.2, 0.25) is 0 Å². The molecule has 0 saturated carbocycles. The van der Waals surface area contributed by atoms with E-state index in [1.165, 1.54) is 76.5 Å². The Hall–Kier alpha value is -3.26. The van der Waals surface area contributed by atoms with Crippen molar-refractivity contribution in [1.29, 1.82) is 0 Å². The van der Waals surface area contributed by atoms with Crippen molar-refractivity contribution in [1.82, 2.24) is 0 Å². The number of benzene rings is 6. The summed E-state index contributed by atoms with van der Waals surface area (Å²) in [5, 5.41) is 10.6. The number of aryl methyl sites for hydroxylation is 2. The zero-order valence-electron chi connectivity index (χ0n) is 28.0. The van der Waals surface area contributed by atoms with Crippen LogP contribution in [0, 0.1) is 0 Å². The third-order valence-corrected chi connectivity index (χ3v) is 8.56. The molecule has 0 bridgehead atoms. The summed E-state index contributed by atoms with van der Waals surface area (Å²) in [7, 11) is 11.0. The molecular weight excluding hydrogens is 719 g/mol. The van der Waals surface area contributed by atoms with Crippen molar-refractivity contribution in [2.45, 2.75) is 39.8 Å². The van der Waals surface area contributed by atoms with E-state index in [1.54, 1.807) is 0 Å². The fourth-order valence-electron chi connectivity index (χ4n) is 6.22. The molecule has 0 unspecified atom stereocenters. The van der Waals surface area contributed by atoms with Crippen LogP contribution in [0.5, 0.6) is 0 Å². The molecule has 2 radical (unpaired) electrons. The van der Waals surface area contributed by atoms with Crippen molar-refractivity contribution in [3.8, 4) is 22.3 Å². The van der Waals surface area contributed by atoms with Gasteiger partial charge in [-0.05, 0) is 57.6 Å². The maximum absolute atomic E-state index is 4.93. The molecule has 238 valence electrons. The van der Waals surface area contributed by atoms with E-state index < -0.39 is 20.8 Å². The summed E-state index contributed by atoms with van der Waals surface area (Å²) in [5.41, 5.74) is 8.09. The van der Waals surface area contributed by atoms with E-state index >= 15 is 0 Å². The van der Waals surface area contributed by atoms with Crippen LogP contribution in [0.2, 0.25) is 13.1 Å². The molecule has 0 aliphatic rings. The molecule has 0 heterocycles. The third-order valence-electron chi connectivity index (χ3n) is 8.56. The number of hydrogen-bond acceptors (Lipinski definition) is 0. The van der Waals surface area contributed by atoms with E-state index in [0.29, 0.717) is 0 Å². The monoisotopic (exact) mass is 756 g/mol. The molecule has 0 aliphatic heterocycles. The minimum absolute atomic E-state index is 0.826. The van der Waals surface area contributed by atoms with Crippen molar-refractivity contribution in [2.24, 2.45) is 0 Å². The average molecular weight is 759 g/mol. The van der Waals surface area contributed by atoms with Crippen LogP contribution in [-0.4, -0.2) is 9.52 Å². The van der Waals surface area contributed by atoms with Crippen LogP contribution in [0.4, 0.5) is 0 Å². The molecular formula is C44H40Cl2SiZr. The van der Waals surface area contributed by atoms with Crippen LogP contribution in [-0.2, 0) is 33.7 Å². The van der Waals surface area contributed by atoms with Crippen LogP contribution in [0.3, 0.4) is 0 Å². The van der Waals surface area contributed by atoms with E-state index in [0.717, 1.165) is 22.4 Å². The van der Waals surface area contributed by atoms with Gasteiger partial charge < -0.3 is 0 Å². The topological polar surface area (TPSA) is 0 Å². The molecule has 8 aromatic carbocycles. The summed E-state index contributed by atoms with van der Waals surface area (Å²) >= 11 is -0.826. The second-order valence-corrected chi connectivity index (χ2v) is 16.5. The zero-order chi connectivity index (χ0) is 33.9. The van der Waals surface area contributed by atoms with Gasteiger partial charge in [-0.25, -0.2) is 0 Å². The van der Waals surface area contributed by atoms with Gasteiger partial charge in [-0.1, -0.05) is 123 Å². The first-order valence-electron chi connectivity index (χ1n) is 16.4. The second-order valence-electron chi connectivity index (χ2n) is 11.7. The molecule has 0 spiro atoms. The van der Waals surface area contributed by atoms with Gasteiger partial charge in [0.15, 0.2) is 0 Å². The van der Waals surface area contributed by atoms with E-state index in [4.69, 9.17) is 17.0 Å². The fraction of sp³-hybridized carbons (Fsp3) is 0.136. The van der Waals surface area contributed by atoms with Crippen molar-refractivity contribution in [3.63, 3.8) is 0 Å². The first-order chi connectivity index (χ1) is 23.5. The van der Waals surface area contributed by atoms with E-state index in [9.17, 15) is 0 Å². The van der Waals surface area contributed by atoms with Gasteiger partial charge in [0, 0.05) is 9.52 Å². The van der Waals surface area contributed by atoms with E-state index in [1.807, 2.05) is 0 Å². The van der Waals surface area contributed by atoms with Crippen molar-refractivity contribution in [3.05, 3.63) is 157 Å². The molecule has 0 nitrogen and oxygen atoms in total. The van der Waals surface area contributed by atoms with Gasteiger partial charge in [-0.2, -0.15) is 12.1 Å². The van der Waals surface area contributed by atoms with Gasteiger partial charge in [0.05, 0.1) is 0 Å². The van der Waals surface area contributed by atoms with Crippen molar-refractivity contribution >= 4 is 69.6 Å². The second kappa shape index (κ2) is 17.9. The Kier molecular flexibility index (Phi) is 13.5. The molecule has 8 rings (SSSR count). The van der Waals surface area contributed by atoms with Crippen LogP contribution in [0.1, 0.15) is 25.0 Å². The minimum atomic E-state index is -0.826. The standard InChI is InChI=1S/2C21H17.C2H6Si.2ClH.Zr/c2*1-2-15-12-18-8-5-9-20(21(18)13-15)19-11-10-16-6-3-4-7-17(16)14-19;1-3-2;;;/h2*3-14H,2H2,1H3;1-2H3;2*1H;/q2*-1;;;;+4/p-2. The van der Waals surface area contributed by atoms with Gasteiger partial charge in [-0.3, -0.25) is 0 Å². The number of rotatable bonds is 4. The molecule has 0 aliphatic carbocycles. The summed E-state index contributed by atoms with van der Waals surface area (Å²) in [4.78, 5) is 0. The molecule has 0 saturated heterocycles. The first kappa shape index (κ1) is 36.0. The summed E-state index contributed by atoms with van der Waals surface area (Å²) in [6.07, 6.45) is 2.18. The van der Waals surface area contributed by atoms with E-state index in [-0.39, 0.29) is 0 Å². The van der Waals surface area contributed by atoms with Crippen molar-refractivity contribution in [2.75, 3.05) is 0 Å². The van der Waals surface area contributed by atoms with E-state index in [2.05, 4.69) is 173 Å². The molecule has 0 aromatic heterocycles. The fourth-order valence-corrected chi connectivity index (χ4v) is 6.22.